The minimum Gasteiger partial charge on any atom is -0.387 e. The second-order valence-electron chi connectivity index (χ2n) is 5.55. The van der Waals surface area contributed by atoms with Crippen LogP contribution in [0.5, 0.6) is 0 Å². The molecule has 124 valence electrons. The average Bonchev–Trinajstić information content (AvgIpc) is 2.86. The van der Waals surface area contributed by atoms with Crippen LogP contribution in [-0.2, 0) is 7.05 Å². The van der Waals surface area contributed by atoms with Crippen molar-refractivity contribution in [1.29, 1.82) is 0 Å². The van der Waals surface area contributed by atoms with Crippen LogP contribution in [-0.4, -0.2) is 32.3 Å². The standard InChI is InChI=1S/C17H17ClN4O2/c1-10-13-7-11(8-19-16(13)22(2)21-10)17(24)20-9-15(23)12-5-3-4-6-14(12)18/h3-8,15,23H,9H2,1-2H3,(H,20,24). The smallest absolute Gasteiger partial charge is 0.252 e. The number of pyridine rings is 1. The number of fused-ring (bicyclic) bond motifs is 1. The van der Waals surface area contributed by atoms with Gasteiger partial charge in [0.15, 0.2) is 5.65 Å². The molecule has 0 saturated heterocycles. The van der Waals surface area contributed by atoms with E-state index >= 15 is 0 Å². The van der Waals surface area contributed by atoms with Gasteiger partial charge in [0.2, 0.25) is 0 Å². The Kier molecular flexibility index (Phi) is 4.51. The van der Waals surface area contributed by atoms with E-state index in [1.807, 2.05) is 14.0 Å². The fourth-order valence-electron chi connectivity index (χ4n) is 2.58. The van der Waals surface area contributed by atoms with Crippen LogP contribution in [0.4, 0.5) is 0 Å². The molecule has 0 radical (unpaired) electrons. The number of halogens is 1. The predicted molar refractivity (Wildman–Crippen MR) is 92.0 cm³/mol. The summed E-state index contributed by atoms with van der Waals surface area (Å²) in [5.74, 6) is -0.307. The van der Waals surface area contributed by atoms with Crippen LogP contribution >= 0.6 is 11.6 Å². The molecule has 24 heavy (non-hydrogen) atoms. The van der Waals surface area contributed by atoms with E-state index in [4.69, 9.17) is 11.6 Å². The number of carbonyl (C=O) groups is 1. The van der Waals surface area contributed by atoms with Gasteiger partial charge in [-0.1, -0.05) is 29.8 Å². The molecule has 2 N–H and O–H groups in total. The highest BCUT2D eigenvalue weighted by Crippen LogP contribution is 2.22. The van der Waals surface area contributed by atoms with Gasteiger partial charge in [0.05, 0.1) is 17.4 Å². The van der Waals surface area contributed by atoms with Gasteiger partial charge in [-0.25, -0.2) is 4.98 Å². The minimum absolute atomic E-state index is 0.0621. The third-order valence-electron chi connectivity index (χ3n) is 3.85. The summed E-state index contributed by atoms with van der Waals surface area (Å²) >= 11 is 6.04. The second-order valence-corrected chi connectivity index (χ2v) is 5.96. The van der Waals surface area contributed by atoms with Crippen molar-refractivity contribution < 1.29 is 9.90 Å². The van der Waals surface area contributed by atoms with Crippen LogP contribution in [0, 0.1) is 6.92 Å². The highest BCUT2D eigenvalue weighted by molar-refractivity contribution is 6.31. The third kappa shape index (κ3) is 3.11. The van der Waals surface area contributed by atoms with Crippen molar-refractivity contribution in [3.63, 3.8) is 0 Å². The summed E-state index contributed by atoms with van der Waals surface area (Å²) in [6.45, 7) is 1.93. The van der Waals surface area contributed by atoms with Crippen molar-refractivity contribution in [2.75, 3.05) is 6.54 Å². The molecule has 0 aliphatic heterocycles. The first kappa shape index (κ1) is 16.4. The minimum atomic E-state index is -0.875. The van der Waals surface area contributed by atoms with Gasteiger partial charge in [-0.3, -0.25) is 9.48 Å². The Labute approximate surface area is 144 Å². The zero-order chi connectivity index (χ0) is 17.3. The van der Waals surface area contributed by atoms with E-state index in [2.05, 4.69) is 15.4 Å². The molecule has 1 aromatic carbocycles. The molecule has 0 bridgehead atoms. The molecule has 6 nitrogen and oxygen atoms in total. The van der Waals surface area contributed by atoms with E-state index in [0.29, 0.717) is 16.1 Å². The Morgan fingerprint density at radius 3 is 2.92 bits per heavy atom. The number of aromatic nitrogens is 3. The van der Waals surface area contributed by atoms with Crippen molar-refractivity contribution in [1.82, 2.24) is 20.1 Å². The number of hydrogen-bond acceptors (Lipinski definition) is 4. The predicted octanol–water partition coefficient (Wildman–Crippen LogP) is 2.39. The van der Waals surface area contributed by atoms with Crippen LogP contribution < -0.4 is 5.32 Å². The summed E-state index contributed by atoms with van der Waals surface area (Å²) in [5.41, 5.74) is 2.53. The van der Waals surface area contributed by atoms with E-state index in [1.165, 1.54) is 6.20 Å². The summed E-state index contributed by atoms with van der Waals surface area (Å²) in [4.78, 5) is 16.6. The lowest BCUT2D eigenvalue weighted by Crippen LogP contribution is -2.28. The summed E-state index contributed by atoms with van der Waals surface area (Å²) in [6.07, 6.45) is 0.625. The summed E-state index contributed by atoms with van der Waals surface area (Å²) < 4.78 is 1.67. The summed E-state index contributed by atoms with van der Waals surface area (Å²) in [6, 6.07) is 8.75. The molecule has 0 aliphatic rings. The molecule has 1 unspecified atom stereocenters. The topological polar surface area (TPSA) is 80.0 Å². The fraction of sp³-hybridized carbons (Fsp3) is 0.235. The number of carbonyl (C=O) groups excluding carboxylic acids is 1. The molecule has 2 aromatic heterocycles. The number of benzene rings is 1. The largest absolute Gasteiger partial charge is 0.387 e. The Morgan fingerprint density at radius 2 is 2.17 bits per heavy atom. The number of nitrogens with zero attached hydrogens (tertiary/aromatic N) is 3. The van der Waals surface area contributed by atoms with Crippen molar-refractivity contribution >= 4 is 28.5 Å². The molecule has 1 amide bonds. The van der Waals surface area contributed by atoms with E-state index in [-0.39, 0.29) is 12.5 Å². The third-order valence-corrected chi connectivity index (χ3v) is 4.19. The Hall–Kier alpha value is -2.44. The van der Waals surface area contributed by atoms with E-state index in [9.17, 15) is 9.90 Å². The van der Waals surface area contributed by atoms with Gasteiger partial charge >= 0.3 is 0 Å². The van der Waals surface area contributed by atoms with Gasteiger partial charge < -0.3 is 10.4 Å². The molecule has 3 aromatic rings. The average molecular weight is 345 g/mol. The first-order valence-corrected chi connectivity index (χ1v) is 7.85. The maximum Gasteiger partial charge on any atom is 0.252 e. The van der Waals surface area contributed by atoms with Crippen LogP contribution in [0.2, 0.25) is 5.02 Å². The SMILES string of the molecule is Cc1nn(C)c2ncc(C(=O)NCC(O)c3ccccc3Cl)cc12. The molecular formula is C17H17ClN4O2. The number of rotatable bonds is 4. The number of hydrogen-bond donors (Lipinski definition) is 2. The van der Waals surface area contributed by atoms with Gasteiger partial charge in [-0.05, 0) is 19.1 Å². The Morgan fingerprint density at radius 1 is 1.42 bits per heavy atom. The first-order valence-electron chi connectivity index (χ1n) is 7.47. The normalized spacial score (nSPS) is 12.3. The highest BCUT2D eigenvalue weighted by atomic mass is 35.5. The van der Waals surface area contributed by atoms with Crippen molar-refractivity contribution in [3.05, 3.63) is 58.4 Å². The van der Waals surface area contributed by atoms with Crippen LogP contribution in [0.1, 0.15) is 27.7 Å². The number of aliphatic hydroxyl groups is 1. The lowest BCUT2D eigenvalue weighted by atomic mass is 10.1. The second kappa shape index (κ2) is 6.59. The lowest BCUT2D eigenvalue weighted by molar-refractivity contribution is 0.0916. The fourth-order valence-corrected chi connectivity index (χ4v) is 2.84. The van der Waals surface area contributed by atoms with Gasteiger partial charge in [0.25, 0.3) is 5.91 Å². The summed E-state index contributed by atoms with van der Waals surface area (Å²) in [7, 11) is 1.81. The molecule has 3 rings (SSSR count). The van der Waals surface area contributed by atoms with Gasteiger partial charge in [-0.15, -0.1) is 0 Å². The lowest BCUT2D eigenvalue weighted by Gasteiger charge is -2.13. The molecule has 7 heteroatoms. The van der Waals surface area contributed by atoms with E-state index in [0.717, 1.165) is 16.7 Å². The molecule has 0 fully saturated rings. The first-order chi connectivity index (χ1) is 11.5. The maximum atomic E-state index is 12.3. The van der Waals surface area contributed by atoms with Gasteiger partial charge in [0, 0.05) is 35.8 Å². The number of aryl methyl sites for hydroxylation is 2. The van der Waals surface area contributed by atoms with Crippen LogP contribution in [0.25, 0.3) is 11.0 Å². The zero-order valence-electron chi connectivity index (χ0n) is 13.3. The number of aliphatic hydroxyl groups excluding tert-OH is 1. The molecular weight excluding hydrogens is 328 g/mol. The van der Waals surface area contributed by atoms with Crippen molar-refractivity contribution in [2.24, 2.45) is 7.05 Å². The molecule has 0 spiro atoms. The quantitative estimate of drug-likeness (QED) is 0.761. The van der Waals surface area contributed by atoms with E-state index < -0.39 is 6.10 Å². The summed E-state index contributed by atoms with van der Waals surface area (Å²) in [5, 5.41) is 18.5. The zero-order valence-corrected chi connectivity index (χ0v) is 14.1. The van der Waals surface area contributed by atoms with Crippen LogP contribution in [0.3, 0.4) is 0 Å². The highest BCUT2D eigenvalue weighted by Gasteiger charge is 2.15. The molecule has 1 atom stereocenters. The van der Waals surface area contributed by atoms with E-state index in [1.54, 1.807) is 35.0 Å². The molecule has 0 saturated carbocycles. The van der Waals surface area contributed by atoms with Crippen LogP contribution in [0.15, 0.2) is 36.5 Å². The van der Waals surface area contributed by atoms with Gasteiger partial charge in [0.1, 0.15) is 0 Å². The maximum absolute atomic E-state index is 12.3. The molecule has 2 heterocycles. The number of amides is 1. The van der Waals surface area contributed by atoms with Crippen molar-refractivity contribution in [3.8, 4) is 0 Å². The molecule has 0 aliphatic carbocycles. The Bertz CT molecular complexity index is 907. The van der Waals surface area contributed by atoms with Crippen molar-refractivity contribution in [2.45, 2.75) is 13.0 Å². The monoisotopic (exact) mass is 344 g/mol. The Balaban J connectivity index is 1.73. The van der Waals surface area contributed by atoms with Gasteiger partial charge in [-0.2, -0.15) is 5.10 Å². The number of nitrogens with one attached hydrogen (secondary N) is 1.